The summed E-state index contributed by atoms with van der Waals surface area (Å²) in [5, 5.41) is 9.99. The van der Waals surface area contributed by atoms with E-state index in [1.54, 1.807) is 0 Å². The van der Waals surface area contributed by atoms with Crippen molar-refractivity contribution < 1.29 is 0 Å². The first-order valence-electron chi connectivity index (χ1n) is 19.7. The Bertz CT molecular complexity index is 3190. The minimum absolute atomic E-state index is 1.12. The molecule has 57 heavy (non-hydrogen) atoms. The van der Waals surface area contributed by atoms with E-state index in [0.29, 0.717) is 0 Å². The molecule has 0 aliphatic carbocycles. The zero-order valence-electron chi connectivity index (χ0n) is 31.3. The topological polar surface area (TPSA) is 4.93 Å². The molecule has 0 amide bonds. The van der Waals surface area contributed by atoms with Gasteiger partial charge in [0, 0.05) is 5.69 Å². The van der Waals surface area contributed by atoms with Crippen molar-refractivity contribution in [2.24, 2.45) is 0 Å². The van der Waals surface area contributed by atoms with Crippen LogP contribution in [0.25, 0.3) is 105 Å². The van der Waals surface area contributed by atoms with Crippen LogP contribution in [0.15, 0.2) is 224 Å². The Balaban J connectivity index is 1.19. The lowest BCUT2D eigenvalue weighted by atomic mass is 9.84. The number of hydrogen-bond acceptors (Lipinski definition) is 0. The number of benzene rings is 10. The number of aromatic nitrogens is 1. The highest BCUT2D eigenvalue weighted by atomic mass is 15.0. The van der Waals surface area contributed by atoms with Crippen molar-refractivity contribution in [1.29, 1.82) is 0 Å². The van der Waals surface area contributed by atoms with Crippen LogP contribution in [0.2, 0.25) is 0 Å². The van der Waals surface area contributed by atoms with Crippen molar-refractivity contribution >= 4 is 43.1 Å². The zero-order valence-corrected chi connectivity index (χ0v) is 31.3. The second-order valence-electron chi connectivity index (χ2n) is 14.8. The molecule has 0 unspecified atom stereocenters. The first-order valence-corrected chi connectivity index (χ1v) is 19.7. The van der Waals surface area contributed by atoms with Crippen molar-refractivity contribution in [1.82, 2.24) is 4.57 Å². The summed E-state index contributed by atoms with van der Waals surface area (Å²) in [5.74, 6) is 0. The van der Waals surface area contributed by atoms with Gasteiger partial charge in [-0.15, -0.1) is 0 Å². The number of fused-ring (bicyclic) bond motifs is 4. The fourth-order valence-corrected chi connectivity index (χ4v) is 9.04. The standard InChI is InChI=1S/C56H37N/c1-3-17-40(18-4-1)53-35-36-54(41-19-5-2-6-20-41)57(53)44-33-31-42(32-34-44)55-51-30-14-28-49(47-26-11-21-38-15-7-9-24-45(38)47)52(51)37-43-23-13-29-50(56(43)55)48-27-12-22-39-16-8-10-25-46(39)48/h1-37H. The highest BCUT2D eigenvalue weighted by molar-refractivity contribution is 6.22. The summed E-state index contributed by atoms with van der Waals surface area (Å²) in [7, 11) is 0. The number of rotatable bonds is 6. The Labute approximate surface area is 332 Å². The normalized spacial score (nSPS) is 11.5. The van der Waals surface area contributed by atoms with Crippen LogP contribution in [0.1, 0.15) is 0 Å². The number of nitrogens with zero attached hydrogens (tertiary/aromatic N) is 1. The molecule has 1 heteroatoms. The van der Waals surface area contributed by atoms with Gasteiger partial charge < -0.3 is 4.57 Å². The van der Waals surface area contributed by atoms with Crippen LogP contribution in [0.4, 0.5) is 0 Å². The minimum atomic E-state index is 1.12. The van der Waals surface area contributed by atoms with Gasteiger partial charge in [-0.05, 0) is 118 Å². The average molecular weight is 724 g/mol. The molecule has 0 fully saturated rings. The molecule has 11 rings (SSSR count). The molecule has 1 nitrogen and oxygen atoms in total. The van der Waals surface area contributed by atoms with Crippen LogP contribution in [0.5, 0.6) is 0 Å². The summed E-state index contributed by atoms with van der Waals surface area (Å²) in [4.78, 5) is 0. The second-order valence-corrected chi connectivity index (χ2v) is 14.8. The molecule has 0 saturated carbocycles. The minimum Gasteiger partial charge on any atom is -0.309 e. The van der Waals surface area contributed by atoms with Crippen molar-refractivity contribution in [2.45, 2.75) is 0 Å². The maximum atomic E-state index is 2.42. The Morgan fingerprint density at radius 2 is 0.702 bits per heavy atom. The average Bonchev–Trinajstić information content (AvgIpc) is 3.74. The molecule has 1 aromatic heterocycles. The smallest absolute Gasteiger partial charge is 0.0535 e. The van der Waals surface area contributed by atoms with Gasteiger partial charge in [-0.3, -0.25) is 0 Å². The van der Waals surface area contributed by atoms with Gasteiger partial charge in [0.2, 0.25) is 0 Å². The van der Waals surface area contributed by atoms with Gasteiger partial charge in [-0.1, -0.05) is 194 Å². The lowest BCUT2D eigenvalue weighted by Crippen LogP contribution is -1.99. The van der Waals surface area contributed by atoms with Gasteiger partial charge in [0.25, 0.3) is 0 Å². The van der Waals surface area contributed by atoms with Crippen LogP contribution in [0, 0.1) is 0 Å². The molecule has 0 radical (unpaired) electrons. The Kier molecular flexibility index (Phi) is 7.89. The summed E-state index contributed by atoms with van der Waals surface area (Å²) in [6.07, 6.45) is 0. The van der Waals surface area contributed by atoms with Crippen molar-refractivity contribution in [3.8, 4) is 61.6 Å². The Hall–Kier alpha value is -7.48. The summed E-state index contributed by atoms with van der Waals surface area (Å²) >= 11 is 0. The van der Waals surface area contributed by atoms with E-state index in [4.69, 9.17) is 0 Å². The molecule has 10 aromatic carbocycles. The maximum absolute atomic E-state index is 2.42. The van der Waals surface area contributed by atoms with E-state index in [1.807, 2.05) is 0 Å². The van der Waals surface area contributed by atoms with Crippen LogP contribution < -0.4 is 0 Å². The molecule has 11 aromatic rings. The van der Waals surface area contributed by atoms with E-state index in [-0.39, 0.29) is 0 Å². The largest absolute Gasteiger partial charge is 0.309 e. The summed E-state index contributed by atoms with van der Waals surface area (Å²) in [6, 6.07) is 82.1. The van der Waals surface area contributed by atoms with Gasteiger partial charge >= 0.3 is 0 Å². The van der Waals surface area contributed by atoms with Crippen molar-refractivity contribution in [3.63, 3.8) is 0 Å². The highest BCUT2D eigenvalue weighted by Gasteiger charge is 2.20. The van der Waals surface area contributed by atoms with E-state index in [9.17, 15) is 0 Å². The lowest BCUT2D eigenvalue weighted by Gasteiger charge is -2.20. The third kappa shape index (κ3) is 5.55. The van der Waals surface area contributed by atoms with E-state index >= 15 is 0 Å². The maximum Gasteiger partial charge on any atom is 0.0535 e. The van der Waals surface area contributed by atoms with Gasteiger partial charge in [0.15, 0.2) is 0 Å². The van der Waals surface area contributed by atoms with Crippen LogP contribution in [-0.2, 0) is 0 Å². The van der Waals surface area contributed by atoms with Gasteiger partial charge in [-0.2, -0.15) is 0 Å². The first kappa shape index (κ1) is 32.9. The lowest BCUT2D eigenvalue weighted by molar-refractivity contribution is 1.10. The Morgan fingerprint density at radius 3 is 1.30 bits per heavy atom. The van der Waals surface area contributed by atoms with E-state index < -0.39 is 0 Å². The molecule has 266 valence electrons. The van der Waals surface area contributed by atoms with E-state index in [1.165, 1.54) is 87.6 Å². The molecular weight excluding hydrogens is 687 g/mol. The molecule has 0 spiro atoms. The molecule has 1 heterocycles. The van der Waals surface area contributed by atoms with Crippen molar-refractivity contribution in [2.75, 3.05) is 0 Å². The summed E-state index contributed by atoms with van der Waals surface area (Å²) < 4.78 is 2.40. The molecule has 0 bridgehead atoms. The fourth-order valence-electron chi connectivity index (χ4n) is 9.04. The monoisotopic (exact) mass is 723 g/mol. The molecule has 0 aliphatic heterocycles. The van der Waals surface area contributed by atoms with Gasteiger partial charge in [0.1, 0.15) is 0 Å². The fraction of sp³-hybridized carbons (Fsp3) is 0. The first-order chi connectivity index (χ1) is 28.3. The van der Waals surface area contributed by atoms with E-state index in [0.717, 1.165) is 17.1 Å². The third-order valence-electron chi connectivity index (χ3n) is 11.6. The van der Waals surface area contributed by atoms with Gasteiger partial charge in [0.05, 0.1) is 11.4 Å². The highest BCUT2D eigenvalue weighted by Crippen LogP contribution is 2.46. The summed E-state index contributed by atoms with van der Waals surface area (Å²) in [6.45, 7) is 0. The third-order valence-corrected chi connectivity index (χ3v) is 11.6. The molecular formula is C56H37N. The molecule has 0 saturated heterocycles. The summed E-state index contributed by atoms with van der Waals surface area (Å²) in [5.41, 5.74) is 13.2. The molecule has 0 aliphatic rings. The van der Waals surface area contributed by atoms with Gasteiger partial charge in [-0.25, -0.2) is 0 Å². The van der Waals surface area contributed by atoms with Crippen molar-refractivity contribution in [3.05, 3.63) is 224 Å². The zero-order chi connectivity index (χ0) is 37.7. The SMILES string of the molecule is c1ccc(-c2ccc(-c3ccccc3)n2-c2ccc(-c3c4cccc(-c5cccc6ccccc56)c4cc4cccc(-c5cccc6ccccc56)c34)cc2)cc1. The molecule has 0 atom stereocenters. The van der Waals surface area contributed by atoms with E-state index in [2.05, 4.69) is 229 Å². The molecule has 0 N–H and O–H groups in total. The van der Waals surface area contributed by atoms with Crippen LogP contribution >= 0.6 is 0 Å². The predicted octanol–water partition coefficient (Wildman–Crippen LogP) is 15.4. The predicted molar refractivity (Wildman–Crippen MR) is 243 cm³/mol. The quantitative estimate of drug-likeness (QED) is 0.151. The number of hydrogen-bond donors (Lipinski definition) is 0. The van der Waals surface area contributed by atoms with Crippen LogP contribution in [0.3, 0.4) is 0 Å². The second kappa shape index (κ2) is 13.7. The van der Waals surface area contributed by atoms with Crippen LogP contribution in [-0.4, -0.2) is 4.57 Å². The Morgan fingerprint density at radius 1 is 0.263 bits per heavy atom.